The first-order valence-corrected chi connectivity index (χ1v) is 7.73. The number of carbonyl (C=O) groups is 1. The lowest BCUT2D eigenvalue weighted by molar-refractivity contribution is -0.121. The van der Waals surface area contributed by atoms with Crippen LogP contribution in [0.15, 0.2) is 24.6 Å². The SMILES string of the molecule is O=C1CCC(C2CCC(CC=CC=CF)CC2)CC1. The predicted molar refractivity (Wildman–Crippen MR) is 76.4 cm³/mol. The Kier molecular flexibility index (Phi) is 5.81. The number of ketones is 1. The van der Waals surface area contributed by atoms with Crippen LogP contribution in [-0.2, 0) is 4.79 Å². The summed E-state index contributed by atoms with van der Waals surface area (Å²) in [6.07, 6.45) is 16.2. The highest BCUT2D eigenvalue weighted by atomic mass is 19.1. The van der Waals surface area contributed by atoms with E-state index < -0.39 is 0 Å². The highest BCUT2D eigenvalue weighted by molar-refractivity contribution is 5.79. The molecule has 0 spiro atoms. The first-order chi connectivity index (χ1) is 9.29. The van der Waals surface area contributed by atoms with Gasteiger partial charge in [0.05, 0.1) is 6.33 Å². The summed E-state index contributed by atoms with van der Waals surface area (Å²) in [6.45, 7) is 0. The summed E-state index contributed by atoms with van der Waals surface area (Å²) in [7, 11) is 0. The molecule has 0 heterocycles. The largest absolute Gasteiger partial charge is 0.300 e. The summed E-state index contributed by atoms with van der Waals surface area (Å²) in [5, 5.41) is 0. The van der Waals surface area contributed by atoms with E-state index in [1.54, 1.807) is 6.08 Å². The predicted octanol–water partition coefficient (Wildman–Crippen LogP) is 4.98. The number of hydrogen-bond acceptors (Lipinski definition) is 1. The zero-order valence-electron chi connectivity index (χ0n) is 11.7. The fraction of sp³-hybridized carbons (Fsp3) is 0.706. The summed E-state index contributed by atoms with van der Waals surface area (Å²) >= 11 is 0. The van der Waals surface area contributed by atoms with Crippen LogP contribution in [0, 0.1) is 17.8 Å². The molecule has 2 fully saturated rings. The molecular weight excluding hydrogens is 239 g/mol. The van der Waals surface area contributed by atoms with Gasteiger partial charge in [0.15, 0.2) is 0 Å². The van der Waals surface area contributed by atoms with Gasteiger partial charge in [0.25, 0.3) is 0 Å². The van der Waals surface area contributed by atoms with Crippen LogP contribution in [0.3, 0.4) is 0 Å². The minimum Gasteiger partial charge on any atom is -0.300 e. The van der Waals surface area contributed by atoms with Crippen molar-refractivity contribution in [3.63, 3.8) is 0 Å². The van der Waals surface area contributed by atoms with Crippen LogP contribution in [0.5, 0.6) is 0 Å². The number of allylic oxidation sites excluding steroid dienone is 3. The molecule has 0 saturated heterocycles. The van der Waals surface area contributed by atoms with Gasteiger partial charge in [-0.25, -0.2) is 4.39 Å². The van der Waals surface area contributed by atoms with Gasteiger partial charge >= 0.3 is 0 Å². The highest BCUT2D eigenvalue weighted by Crippen LogP contribution is 2.40. The lowest BCUT2D eigenvalue weighted by atomic mass is 9.70. The van der Waals surface area contributed by atoms with Crippen LogP contribution in [0.1, 0.15) is 57.8 Å². The number of rotatable bonds is 4. The minimum atomic E-state index is 0.469. The minimum absolute atomic E-state index is 0.469. The topological polar surface area (TPSA) is 17.1 Å². The van der Waals surface area contributed by atoms with Crippen LogP contribution in [-0.4, -0.2) is 5.78 Å². The summed E-state index contributed by atoms with van der Waals surface area (Å²) < 4.78 is 11.8. The van der Waals surface area contributed by atoms with E-state index in [-0.39, 0.29) is 0 Å². The molecule has 0 aromatic heterocycles. The van der Waals surface area contributed by atoms with Crippen molar-refractivity contribution >= 4 is 5.78 Å². The first-order valence-electron chi connectivity index (χ1n) is 7.73. The van der Waals surface area contributed by atoms with Gasteiger partial charge in [-0.05, 0) is 68.8 Å². The molecule has 0 aromatic rings. The van der Waals surface area contributed by atoms with Gasteiger partial charge in [0.2, 0.25) is 0 Å². The van der Waals surface area contributed by atoms with E-state index in [1.165, 1.54) is 31.8 Å². The van der Waals surface area contributed by atoms with Gasteiger partial charge in [-0.3, -0.25) is 4.79 Å². The lowest BCUT2D eigenvalue weighted by Crippen LogP contribution is -2.25. The second kappa shape index (κ2) is 7.62. The van der Waals surface area contributed by atoms with E-state index in [1.807, 2.05) is 0 Å². The molecule has 0 unspecified atom stereocenters. The van der Waals surface area contributed by atoms with Crippen LogP contribution >= 0.6 is 0 Å². The summed E-state index contributed by atoms with van der Waals surface area (Å²) in [6, 6.07) is 0. The molecule has 106 valence electrons. The Bertz CT molecular complexity index is 327. The Morgan fingerprint density at radius 3 is 2.21 bits per heavy atom. The molecule has 2 aliphatic rings. The van der Waals surface area contributed by atoms with Gasteiger partial charge in [0, 0.05) is 12.8 Å². The lowest BCUT2D eigenvalue weighted by Gasteiger charge is -2.35. The molecule has 2 saturated carbocycles. The first kappa shape index (κ1) is 14.5. The normalized spacial score (nSPS) is 30.5. The maximum Gasteiger partial charge on any atom is 0.132 e. The van der Waals surface area contributed by atoms with Crippen molar-refractivity contribution in [3.8, 4) is 0 Å². The van der Waals surface area contributed by atoms with E-state index in [9.17, 15) is 9.18 Å². The summed E-state index contributed by atoms with van der Waals surface area (Å²) in [5.41, 5.74) is 0. The Morgan fingerprint density at radius 1 is 0.947 bits per heavy atom. The molecule has 2 aliphatic carbocycles. The Morgan fingerprint density at radius 2 is 1.58 bits per heavy atom. The monoisotopic (exact) mass is 264 g/mol. The summed E-state index contributed by atoms with van der Waals surface area (Å²) in [4.78, 5) is 11.3. The van der Waals surface area contributed by atoms with Crippen molar-refractivity contribution in [1.82, 2.24) is 0 Å². The van der Waals surface area contributed by atoms with E-state index in [2.05, 4.69) is 6.08 Å². The average Bonchev–Trinajstić information content (AvgIpc) is 2.45. The zero-order valence-corrected chi connectivity index (χ0v) is 11.7. The number of Topliss-reactive ketones (excluding diaryl/α,β-unsaturated/α-hetero) is 1. The molecule has 0 N–H and O–H groups in total. The fourth-order valence-corrected chi connectivity index (χ4v) is 3.72. The van der Waals surface area contributed by atoms with Crippen molar-refractivity contribution in [3.05, 3.63) is 24.6 Å². The second-order valence-electron chi connectivity index (χ2n) is 6.14. The molecule has 2 heteroatoms. The maximum atomic E-state index is 11.8. The van der Waals surface area contributed by atoms with Crippen LogP contribution in [0.2, 0.25) is 0 Å². The second-order valence-corrected chi connectivity index (χ2v) is 6.14. The van der Waals surface area contributed by atoms with Crippen molar-refractivity contribution in [2.45, 2.75) is 57.8 Å². The van der Waals surface area contributed by atoms with Gasteiger partial charge < -0.3 is 0 Å². The van der Waals surface area contributed by atoms with E-state index in [4.69, 9.17) is 0 Å². The number of halogens is 1. The van der Waals surface area contributed by atoms with E-state index in [0.29, 0.717) is 12.1 Å². The molecule has 0 amide bonds. The van der Waals surface area contributed by atoms with Crippen LogP contribution in [0.25, 0.3) is 0 Å². The quantitative estimate of drug-likeness (QED) is 0.654. The van der Waals surface area contributed by atoms with Crippen molar-refractivity contribution in [2.24, 2.45) is 17.8 Å². The molecule has 1 nitrogen and oxygen atoms in total. The third-order valence-electron chi connectivity index (χ3n) is 4.94. The fourth-order valence-electron chi connectivity index (χ4n) is 3.72. The average molecular weight is 264 g/mol. The zero-order chi connectivity index (χ0) is 13.5. The third kappa shape index (κ3) is 4.59. The van der Waals surface area contributed by atoms with Crippen LogP contribution in [0.4, 0.5) is 4.39 Å². The van der Waals surface area contributed by atoms with E-state index >= 15 is 0 Å². The Labute approximate surface area is 116 Å². The Balaban J connectivity index is 1.69. The summed E-state index contributed by atoms with van der Waals surface area (Å²) in [5.74, 6) is 2.92. The molecule has 2 rings (SSSR count). The third-order valence-corrected chi connectivity index (χ3v) is 4.94. The molecule has 0 aromatic carbocycles. The molecule has 0 aliphatic heterocycles. The molecule has 0 atom stereocenters. The number of carbonyl (C=O) groups excluding carboxylic acids is 1. The van der Waals surface area contributed by atoms with Crippen molar-refractivity contribution in [2.75, 3.05) is 0 Å². The van der Waals surface area contributed by atoms with E-state index in [0.717, 1.165) is 49.9 Å². The van der Waals surface area contributed by atoms with Crippen molar-refractivity contribution in [1.29, 1.82) is 0 Å². The van der Waals surface area contributed by atoms with Crippen molar-refractivity contribution < 1.29 is 9.18 Å². The van der Waals surface area contributed by atoms with Gasteiger partial charge in [0.1, 0.15) is 5.78 Å². The standard InChI is InChI=1S/C17H25FO/c18-13-3-1-2-4-14-5-7-15(8-6-14)16-9-11-17(19)12-10-16/h1-3,13-16H,4-12H2. The van der Waals surface area contributed by atoms with Gasteiger partial charge in [-0.1, -0.05) is 12.2 Å². The maximum absolute atomic E-state index is 11.8. The smallest absolute Gasteiger partial charge is 0.132 e. The highest BCUT2D eigenvalue weighted by Gasteiger charge is 2.29. The molecular formula is C17H25FO. The van der Waals surface area contributed by atoms with Crippen LogP contribution < -0.4 is 0 Å². The van der Waals surface area contributed by atoms with Gasteiger partial charge in [-0.2, -0.15) is 0 Å². The number of hydrogen-bond donors (Lipinski definition) is 0. The Hall–Kier alpha value is -0.920. The van der Waals surface area contributed by atoms with Gasteiger partial charge in [-0.15, -0.1) is 0 Å². The molecule has 19 heavy (non-hydrogen) atoms. The molecule has 0 bridgehead atoms. The molecule has 0 radical (unpaired) electrons.